The summed E-state index contributed by atoms with van der Waals surface area (Å²) in [5.41, 5.74) is 7.16. The van der Waals surface area contributed by atoms with Crippen LogP contribution in [0.15, 0.2) is 48.5 Å². The highest BCUT2D eigenvalue weighted by atomic mass is 16.5. The van der Waals surface area contributed by atoms with E-state index in [1.54, 1.807) is 21.3 Å². The molecule has 0 heterocycles. The van der Waals surface area contributed by atoms with Crippen LogP contribution in [0.2, 0.25) is 0 Å². The zero-order valence-corrected chi connectivity index (χ0v) is 18.1. The molecule has 0 saturated carbocycles. The molecule has 0 aliphatic heterocycles. The summed E-state index contributed by atoms with van der Waals surface area (Å²) in [7, 11) is 5.14. The summed E-state index contributed by atoms with van der Waals surface area (Å²) < 4.78 is 16.6. The second-order valence-electron chi connectivity index (χ2n) is 7.40. The average molecular weight is 390 g/mol. The molecule has 0 aromatic heterocycles. The second kappa shape index (κ2) is 9.04. The lowest BCUT2D eigenvalue weighted by molar-refractivity contribution is 0.407. The van der Waals surface area contributed by atoms with Crippen molar-refractivity contribution < 1.29 is 14.2 Å². The quantitative estimate of drug-likeness (QED) is 0.510. The number of benzene rings is 3. The van der Waals surface area contributed by atoms with Gasteiger partial charge in [0.2, 0.25) is 0 Å². The molecule has 0 bridgehead atoms. The highest BCUT2D eigenvalue weighted by Gasteiger charge is 2.20. The summed E-state index contributed by atoms with van der Waals surface area (Å²) >= 11 is 0. The van der Waals surface area contributed by atoms with E-state index in [2.05, 4.69) is 63.2 Å². The van der Waals surface area contributed by atoms with Crippen molar-refractivity contribution in [1.82, 2.24) is 0 Å². The molecule has 0 saturated heterocycles. The maximum Gasteiger partial charge on any atom is 0.122 e. The normalized spacial score (nSPS) is 10.9. The molecule has 0 unspecified atom stereocenters. The lowest BCUT2D eigenvalue weighted by Gasteiger charge is -2.23. The van der Waals surface area contributed by atoms with Crippen molar-refractivity contribution in [3.8, 4) is 17.2 Å². The topological polar surface area (TPSA) is 27.7 Å². The van der Waals surface area contributed by atoms with Crippen molar-refractivity contribution in [2.75, 3.05) is 21.3 Å². The Bertz CT molecular complexity index is 938. The van der Waals surface area contributed by atoms with Crippen LogP contribution in [-0.2, 0) is 6.42 Å². The van der Waals surface area contributed by atoms with E-state index in [1.807, 2.05) is 12.1 Å². The first-order valence-corrected chi connectivity index (χ1v) is 9.81. The number of hydrogen-bond acceptors (Lipinski definition) is 3. The fraction of sp³-hybridized carbons (Fsp3) is 0.308. The third kappa shape index (κ3) is 4.40. The molecular weight excluding hydrogens is 360 g/mol. The van der Waals surface area contributed by atoms with Crippen molar-refractivity contribution >= 4 is 0 Å². The molecule has 29 heavy (non-hydrogen) atoms. The van der Waals surface area contributed by atoms with Gasteiger partial charge in [-0.15, -0.1) is 0 Å². The fourth-order valence-electron chi connectivity index (χ4n) is 3.92. The molecule has 0 N–H and O–H groups in total. The predicted octanol–water partition coefficient (Wildman–Crippen LogP) is 5.81. The number of ether oxygens (including phenoxy) is 3. The molecule has 0 aliphatic carbocycles. The van der Waals surface area contributed by atoms with E-state index in [0.29, 0.717) is 0 Å². The first-order valence-electron chi connectivity index (χ1n) is 9.81. The summed E-state index contributed by atoms with van der Waals surface area (Å²) in [4.78, 5) is 0. The van der Waals surface area contributed by atoms with Crippen LogP contribution < -0.4 is 14.2 Å². The Hall–Kier alpha value is -2.94. The standard InChI is InChI=1S/C26H29O3/c1-17-8-7-9-26(29-6)22(17)16-23(20-10-12-24(27-4)18(2)14-20)21-11-13-25(28-5)19(3)15-21/h8-15,23H,16H2,1-6H3. The van der Waals surface area contributed by atoms with Gasteiger partial charge in [-0.3, -0.25) is 0 Å². The molecule has 0 spiro atoms. The van der Waals surface area contributed by atoms with Crippen LogP contribution >= 0.6 is 0 Å². The number of hydrogen-bond donors (Lipinski definition) is 0. The first-order chi connectivity index (χ1) is 14.0. The lowest BCUT2D eigenvalue weighted by atomic mass is 9.83. The third-order valence-electron chi connectivity index (χ3n) is 5.56. The Morgan fingerprint density at radius 3 is 1.66 bits per heavy atom. The molecule has 3 nitrogen and oxygen atoms in total. The van der Waals surface area contributed by atoms with E-state index < -0.39 is 0 Å². The highest BCUT2D eigenvalue weighted by molar-refractivity contribution is 5.48. The maximum atomic E-state index is 5.65. The maximum absolute atomic E-state index is 5.65. The Morgan fingerprint density at radius 2 is 1.21 bits per heavy atom. The lowest BCUT2D eigenvalue weighted by Crippen LogP contribution is -2.09. The van der Waals surface area contributed by atoms with Crippen molar-refractivity contribution in [2.24, 2.45) is 0 Å². The Kier molecular flexibility index (Phi) is 6.48. The van der Waals surface area contributed by atoms with E-state index in [1.165, 1.54) is 22.3 Å². The first kappa shape index (κ1) is 20.8. The molecular formula is C26H29O3. The fourth-order valence-corrected chi connectivity index (χ4v) is 3.92. The van der Waals surface area contributed by atoms with E-state index in [0.717, 1.165) is 34.8 Å². The summed E-state index contributed by atoms with van der Waals surface area (Å²) in [6, 6.07) is 20.0. The van der Waals surface area contributed by atoms with Crippen LogP contribution in [0, 0.1) is 26.8 Å². The largest absolute Gasteiger partial charge is 0.496 e. The van der Waals surface area contributed by atoms with Crippen molar-refractivity contribution in [2.45, 2.75) is 33.1 Å². The minimum absolute atomic E-state index is 0.180. The van der Waals surface area contributed by atoms with Crippen LogP contribution in [0.3, 0.4) is 0 Å². The zero-order chi connectivity index (χ0) is 21.0. The van der Waals surface area contributed by atoms with Crippen LogP contribution in [-0.4, -0.2) is 21.3 Å². The van der Waals surface area contributed by atoms with Gasteiger partial charge < -0.3 is 14.2 Å². The van der Waals surface area contributed by atoms with Crippen molar-refractivity contribution in [3.63, 3.8) is 0 Å². The van der Waals surface area contributed by atoms with Crippen LogP contribution in [0.5, 0.6) is 17.2 Å². The molecule has 0 amide bonds. The Balaban J connectivity index is 2.12. The molecule has 0 atom stereocenters. The van der Waals surface area contributed by atoms with E-state index in [9.17, 15) is 0 Å². The Morgan fingerprint density at radius 1 is 0.690 bits per heavy atom. The number of methoxy groups -OCH3 is 3. The van der Waals surface area contributed by atoms with E-state index in [4.69, 9.17) is 14.2 Å². The van der Waals surface area contributed by atoms with Gasteiger partial charge in [0, 0.05) is 5.92 Å². The highest BCUT2D eigenvalue weighted by Crippen LogP contribution is 2.36. The van der Waals surface area contributed by atoms with Gasteiger partial charge in [-0.1, -0.05) is 30.3 Å². The monoisotopic (exact) mass is 389 g/mol. The van der Waals surface area contributed by atoms with Crippen LogP contribution in [0.1, 0.15) is 39.3 Å². The minimum atomic E-state index is 0.180. The van der Waals surface area contributed by atoms with E-state index in [-0.39, 0.29) is 5.92 Å². The molecule has 1 radical (unpaired) electrons. The smallest absolute Gasteiger partial charge is 0.122 e. The van der Waals surface area contributed by atoms with Gasteiger partial charge in [0.05, 0.1) is 21.3 Å². The molecule has 151 valence electrons. The third-order valence-corrected chi connectivity index (χ3v) is 5.56. The van der Waals surface area contributed by atoms with Crippen molar-refractivity contribution in [3.05, 3.63) is 88.0 Å². The SMILES string of the molecule is COc1ccc(C(Cc2c(C)c[c]cc2OC)c2ccc(OC)c(C)c2)cc1C. The number of aryl methyl sites for hydroxylation is 3. The van der Waals surface area contributed by atoms with Crippen molar-refractivity contribution in [1.29, 1.82) is 0 Å². The number of rotatable bonds is 7. The Labute approximate surface area is 174 Å². The molecule has 0 aliphatic rings. The summed E-state index contributed by atoms with van der Waals surface area (Å²) in [6.45, 7) is 6.29. The van der Waals surface area contributed by atoms with Crippen LogP contribution in [0.4, 0.5) is 0 Å². The molecule has 3 aromatic carbocycles. The molecule has 3 rings (SSSR count). The molecule has 0 fully saturated rings. The summed E-state index contributed by atoms with van der Waals surface area (Å²) in [6.07, 6.45) is 0.835. The summed E-state index contributed by atoms with van der Waals surface area (Å²) in [5.74, 6) is 2.87. The van der Waals surface area contributed by atoms with Gasteiger partial charge in [-0.25, -0.2) is 0 Å². The zero-order valence-electron chi connectivity index (χ0n) is 18.1. The van der Waals surface area contributed by atoms with Gasteiger partial charge in [0.1, 0.15) is 17.2 Å². The van der Waals surface area contributed by atoms with Gasteiger partial charge in [-0.2, -0.15) is 0 Å². The van der Waals surface area contributed by atoms with Gasteiger partial charge in [-0.05, 0) is 84.8 Å². The average Bonchev–Trinajstić information content (AvgIpc) is 2.72. The van der Waals surface area contributed by atoms with E-state index >= 15 is 0 Å². The molecule has 3 heteroatoms. The van der Waals surface area contributed by atoms with Gasteiger partial charge >= 0.3 is 0 Å². The predicted molar refractivity (Wildman–Crippen MR) is 118 cm³/mol. The van der Waals surface area contributed by atoms with Gasteiger partial charge in [0.15, 0.2) is 0 Å². The molecule has 3 aromatic rings. The van der Waals surface area contributed by atoms with Gasteiger partial charge in [0.25, 0.3) is 0 Å². The second-order valence-corrected chi connectivity index (χ2v) is 7.40. The summed E-state index contributed by atoms with van der Waals surface area (Å²) in [5, 5.41) is 0. The van der Waals surface area contributed by atoms with Crippen LogP contribution in [0.25, 0.3) is 0 Å². The minimum Gasteiger partial charge on any atom is -0.496 e.